The molecule has 0 spiro atoms. The predicted molar refractivity (Wildman–Crippen MR) is 101 cm³/mol. The van der Waals surface area contributed by atoms with Crippen LogP contribution in [0.25, 0.3) is 0 Å². The zero-order chi connectivity index (χ0) is 17.6. The highest BCUT2D eigenvalue weighted by atomic mass is 15.4. The van der Waals surface area contributed by atoms with Gasteiger partial charge in [-0.3, -0.25) is 9.89 Å². The Morgan fingerprint density at radius 2 is 1.84 bits per heavy atom. The Balaban J connectivity index is 1.49. The third-order valence-electron chi connectivity index (χ3n) is 5.10. The molecule has 1 unspecified atom stereocenters. The minimum absolute atomic E-state index is 0.523. The maximum atomic E-state index is 4.49. The summed E-state index contributed by atoms with van der Waals surface area (Å²) in [5.74, 6) is 1.81. The molecule has 0 aliphatic carbocycles. The van der Waals surface area contributed by atoms with E-state index in [1.807, 2.05) is 13.1 Å². The molecule has 2 saturated heterocycles. The fraction of sp³-hybridized carbons (Fsp3) is 0.706. The van der Waals surface area contributed by atoms with E-state index in [0.29, 0.717) is 6.04 Å². The van der Waals surface area contributed by atoms with Crippen molar-refractivity contribution < 1.29 is 0 Å². The third-order valence-corrected chi connectivity index (χ3v) is 5.10. The smallest absolute Gasteiger partial charge is 0.225 e. The number of nitrogens with zero attached hydrogens (tertiary/aromatic N) is 7. The SMILES string of the molecule is CN=C(NCC1CN(C)CCN1C)N1CCN(c2ncccn2)CC1. The normalized spacial score (nSPS) is 23.8. The number of rotatable bonds is 3. The standard InChI is InChI=1S/C17H30N8/c1-18-16(21-13-15-14-22(2)7-8-23(15)3)24-9-11-25(12-10-24)17-19-5-4-6-20-17/h4-6,15H,7-14H2,1-3H3,(H,18,21). The van der Waals surface area contributed by atoms with Gasteiger partial charge in [0, 0.05) is 77.8 Å². The van der Waals surface area contributed by atoms with Crippen molar-refractivity contribution in [2.75, 3.05) is 78.4 Å². The van der Waals surface area contributed by atoms with Crippen LogP contribution in [0.15, 0.2) is 23.5 Å². The van der Waals surface area contributed by atoms with Gasteiger partial charge in [0.15, 0.2) is 5.96 Å². The van der Waals surface area contributed by atoms with Crippen molar-refractivity contribution in [3.8, 4) is 0 Å². The van der Waals surface area contributed by atoms with Crippen LogP contribution in [0.5, 0.6) is 0 Å². The van der Waals surface area contributed by atoms with Crippen molar-refractivity contribution in [2.24, 2.45) is 4.99 Å². The van der Waals surface area contributed by atoms with Gasteiger partial charge in [-0.25, -0.2) is 9.97 Å². The van der Waals surface area contributed by atoms with Gasteiger partial charge in [-0.15, -0.1) is 0 Å². The summed E-state index contributed by atoms with van der Waals surface area (Å²) < 4.78 is 0. The van der Waals surface area contributed by atoms with Crippen molar-refractivity contribution in [1.82, 2.24) is 30.0 Å². The van der Waals surface area contributed by atoms with Crippen molar-refractivity contribution in [3.63, 3.8) is 0 Å². The van der Waals surface area contributed by atoms with Crippen LogP contribution >= 0.6 is 0 Å². The molecule has 8 heteroatoms. The van der Waals surface area contributed by atoms with E-state index in [1.54, 1.807) is 12.4 Å². The van der Waals surface area contributed by atoms with Crippen LogP contribution in [-0.2, 0) is 0 Å². The van der Waals surface area contributed by atoms with Crippen LogP contribution in [0.1, 0.15) is 0 Å². The van der Waals surface area contributed by atoms with Crippen LogP contribution in [-0.4, -0.2) is 110 Å². The lowest BCUT2D eigenvalue weighted by atomic mass is 10.2. The molecule has 1 N–H and O–H groups in total. The molecule has 8 nitrogen and oxygen atoms in total. The monoisotopic (exact) mass is 346 g/mol. The van der Waals surface area contributed by atoms with Crippen LogP contribution in [0.2, 0.25) is 0 Å². The van der Waals surface area contributed by atoms with Gasteiger partial charge in [-0.05, 0) is 20.2 Å². The fourth-order valence-electron chi connectivity index (χ4n) is 3.44. The van der Waals surface area contributed by atoms with Crippen LogP contribution in [0, 0.1) is 0 Å². The second-order valence-corrected chi connectivity index (χ2v) is 6.85. The number of guanidine groups is 1. The van der Waals surface area contributed by atoms with Crippen LogP contribution in [0.4, 0.5) is 5.95 Å². The maximum Gasteiger partial charge on any atom is 0.225 e. The van der Waals surface area contributed by atoms with Crippen molar-refractivity contribution >= 4 is 11.9 Å². The van der Waals surface area contributed by atoms with E-state index in [4.69, 9.17) is 0 Å². The molecule has 0 amide bonds. The minimum atomic E-state index is 0.523. The number of likely N-dealkylation sites (N-methyl/N-ethyl adjacent to an activating group) is 2. The van der Waals surface area contributed by atoms with Crippen molar-refractivity contribution in [2.45, 2.75) is 6.04 Å². The lowest BCUT2D eigenvalue weighted by Crippen LogP contribution is -2.57. The second-order valence-electron chi connectivity index (χ2n) is 6.85. The van der Waals surface area contributed by atoms with Gasteiger partial charge < -0.3 is 20.0 Å². The Morgan fingerprint density at radius 1 is 1.12 bits per heavy atom. The Labute approximate surface area is 150 Å². The van der Waals surface area contributed by atoms with Gasteiger partial charge in [0.2, 0.25) is 5.95 Å². The Bertz CT molecular complexity index is 555. The number of piperazine rings is 2. The van der Waals surface area contributed by atoms with E-state index in [2.05, 4.69) is 54.0 Å². The zero-order valence-electron chi connectivity index (χ0n) is 15.6. The van der Waals surface area contributed by atoms with Gasteiger partial charge in [0.1, 0.15) is 0 Å². The molecule has 3 heterocycles. The predicted octanol–water partition coefficient (Wildman–Crippen LogP) is -0.580. The Kier molecular flexibility index (Phi) is 6.04. The summed E-state index contributed by atoms with van der Waals surface area (Å²) in [6.07, 6.45) is 3.60. The zero-order valence-corrected chi connectivity index (χ0v) is 15.6. The van der Waals surface area contributed by atoms with Gasteiger partial charge >= 0.3 is 0 Å². The first-order valence-corrected chi connectivity index (χ1v) is 9.03. The highest BCUT2D eigenvalue weighted by Gasteiger charge is 2.24. The van der Waals surface area contributed by atoms with Gasteiger partial charge in [-0.2, -0.15) is 0 Å². The molecule has 2 aliphatic rings. The molecule has 2 aliphatic heterocycles. The molecule has 0 bridgehead atoms. The molecule has 3 rings (SSSR count). The Morgan fingerprint density at radius 3 is 2.52 bits per heavy atom. The summed E-state index contributed by atoms with van der Waals surface area (Å²) in [6, 6.07) is 2.38. The molecule has 1 aromatic heterocycles. The van der Waals surface area contributed by atoms with Gasteiger partial charge in [0.05, 0.1) is 0 Å². The number of anilines is 1. The molecule has 138 valence electrons. The first-order valence-electron chi connectivity index (χ1n) is 9.03. The fourth-order valence-corrected chi connectivity index (χ4v) is 3.44. The molecule has 2 fully saturated rings. The summed E-state index contributed by atoms with van der Waals surface area (Å²) in [5, 5.41) is 3.57. The minimum Gasteiger partial charge on any atom is -0.355 e. The topological polar surface area (TPSA) is 63.1 Å². The highest BCUT2D eigenvalue weighted by Crippen LogP contribution is 2.10. The number of hydrogen-bond acceptors (Lipinski definition) is 6. The molecular formula is C17H30N8. The van der Waals surface area contributed by atoms with Crippen LogP contribution < -0.4 is 10.2 Å². The molecule has 0 aromatic carbocycles. The van der Waals surface area contributed by atoms with Crippen molar-refractivity contribution in [3.05, 3.63) is 18.5 Å². The average molecular weight is 346 g/mol. The summed E-state index contributed by atoms with van der Waals surface area (Å²) in [6.45, 7) is 7.97. The molecular weight excluding hydrogens is 316 g/mol. The lowest BCUT2D eigenvalue weighted by Gasteiger charge is -2.40. The molecule has 25 heavy (non-hydrogen) atoms. The molecule has 0 saturated carbocycles. The highest BCUT2D eigenvalue weighted by molar-refractivity contribution is 5.80. The van der Waals surface area contributed by atoms with Crippen molar-refractivity contribution in [1.29, 1.82) is 0 Å². The first kappa shape index (κ1) is 17.9. The summed E-state index contributed by atoms with van der Waals surface area (Å²) in [7, 11) is 6.27. The lowest BCUT2D eigenvalue weighted by molar-refractivity contribution is 0.116. The first-order chi connectivity index (χ1) is 12.2. The number of aliphatic imine (C=N–C) groups is 1. The van der Waals surface area contributed by atoms with E-state index in [0.717, 1.165) is 64.3 Å². The largest absolute Gasteiger partial charge is 0.355 e. The van der Waals surface area contributed by atoms with Crippen LogP contribution in [0.3, 0.4) is 0 Å². The Hall–Kier alpha value is -1.93. The van der Waals surface area contributed by atoms with E-state index < -0.39 is 0 Å². The number of aromatic nitrogens is 2. The third kappa shape index (κ3) is 4.58. The quantitative estimate of drug-likeness (QED) is 0.580. The average Bonchev–Trinajstić information content (AvgIpc) is 2.66. The maximum absolute atomic E-state index is 4.49. The summed E-state index contributed by atoms with van der Waals surface area (Å²) in [5.41, 5.74) is 0. The molecule has 0 radical (unpaired) electrons. The van der Waals surface area contributed by atoms with Gasteiger partial charge in [0.25, 0.3) is 0 Å². The second kappa shape index (κ2) is 8.44. The molecule has 1 atom stereocenters. The summed E-state index contributed by atoms with van der Waals surface area (Å²) >= 11 is 0. The van der Waals surface area contributed by atoms with E-state index in [1.165, 1.54) is 0 Å². The van der Waals surface area contributed by atoms with E-state index >= 15 is 0 Å². The molecule has 1 aromatic rings. The van der Waals surface area contributed by atoms with E-state index in [-0.39, 0.29) is 0 Å². The number of nitrogens with one attached hydrogen (secondary N) is 1. The van der Waals surface area contributed by atoms with Gasteiger partial charge in [-0.1, -0.05) is 0 Å². The van der Waals surface area contributed by atoms with E-state index in [9.17, 15) is 0 Å². The summed E-state index contributed by atoms with van der Waals surface area (Å²) in [4.78, 5) is 22.6. The number of hydrogen-bond donors (Lipinski definition) is 1.